The number of halogens is 2. The van der Waals surface area contributed by atoms with Gasteiger partial charge in [0.1, 0.15) is 5.82 Å². The van der Waals surface area contributed by atoms with Crippen LogP contribution in [0.15, 0.2) is 29.0 Å². The van der Waals surface area contributed by atoms with E-state index >= 15 is 0 Å². The average Bonchev–Trinajstić information content (AvgIpc) is 2.82. The Kier molecular flexibility index (Phi) is 3.62. The molecule has 18 heavy (non-hydrogen) atoms. The van der Waals surface area contributed by atoms with E-state index in [9.17, 15) is 9.18 Å². The third-order valence-corrected chi connectivity index (χ3v) is 2.52. The minimum atomic E-state index is -0.614. The molecule has 0 radical (unpaired) electrons. The Hall–Kier alpha value is -1.88. The summed E-state index contributed by atoms with van der Waals surface area (Å²) >= 11 is 5.58. The summed E-state index contributed by atoms with van der Waals surface area (Å²) in [6, 6.07) is 4.09. The number of carbonyl (C=O) groups excluding carboxylic acids is 1. The van der Waals surface area contributed by atoms with Gasteiger partial charge in [-0.2, -0.15) is 0 Å². The van der Waals surface area contributed by atoms with Crippen molar-refractivity contribution in [3.05, 3.63) is 41.1 Å². The molecule has 0 unspecified atom stereocenters. The van der Waals surface area contributed by atoms with Crippen LogP contribution in [0.5, 0.6) is 0 Å². The van der Waals surface area contributed by atoms with Crippen molar-refractivity contribution in [3.63, 3.8) is 0 Å². The van der Waals surface area contributed by atoms with Gasteiger partial charge in [0.25, 0.3) is 0 Å². The molecule has 6 heteroatoms. The summed E-state index contributed by atoms with van der Waals surface area (Å²) in [6.45, 7) is 1.90. The Morgan fingerprint density at radius 2 is 2.33 bits per heavy atom. The molecular weight excluding hydrogens is 261 g/mol. The maximum absolute atomic E-state index is 13.3. The molecule has 4 nitrogen and oxygen atoms in total. The third-order valence-electron chi connectivity index (χ3n) is 2.22. The summed E-state index contributed by atoms with van der Waals surface area (Å²) in [5.74, 6) is -1.05. The van der Waals surface area contributed by atoms with Gasteiger partial charge in [0.05, 0.1) is 11.6 Å². The molecule has 2 rings (SSSR count). The zero-order valence-electron chi connectivity index (χ0n) is 9.44. The zero-order valence-corrected chi connectivity index (χ0v) is 10.2. The number of carbonyl (C=O) groups is 1. The van der Waals surface area contributed by atoms with Crippen molar-refractivity contribution < 1.29 is 18.3 Å². The van der Waals surface area contributed by atoms with Crippen LogP contribution in [0.3, 0.4) is 0 Å². The highest BCUT2D eigenvalue weighted by Gasteiger charge is 2.20. The number of esters is 1. The van der Waals surface area contributed by atoms with E-state index in [1.807, 2.05) is 0 Å². The summed E-state index contributed by atoms with van der Waals surface area (Å²) in [7, 11) is 0. The number of hydrogen-bond acceptors (Lipinski definition) is 4. The number of hydrogen-bond donors (Lipinski definition) is 0. The van der Waals surface area contributed by atoms with Gasteiger partial charge in [-0.15, -0.1) is 0 Å². The molecular formula is C12H9ClFNO3. The molecule has 1 aromatic heterocycles. The molecule has 2 aromatic rings. The second-order valence-corrected chi connectivity index (χ2v) is 3.79. The van der Waals surface area contributed by atoms with Gasteiger partial charge in [0.15, 0.2) is 17.8 Å². The SMILES string of the molecule is CCOC(=O)c1ncoc1-c1ccc(Cl)c(F)c1. The Labute approximate surface area is 107 Å². The Bertz CT molecular complexity index is 582. The zero-order chi connectivity index (χ0) is 13.1. The highest BCUT2D eigenvalue weighted by molar-refractivity contribution is 6.30. The Morgan fingerprint density at radius 1 is 1.56 bits per heavy atom. The Morgan fingerprint density at radius 3 is 3.00 bits per heavy atom. The fourth-order valence-corrected chi connectivity index (χ4v) is 1.55. The highest BCUT2D eigenvalue weighted by Crippen LogP contribution is 2.27. The van der Waals surface area contributed by atoms with Gasteiger partial charge in [0, 0.05) is 5.56 Å². The number of oxazole rings is 1. The summed E-state index contributed by atoms with van der Waals surface area (Å²) in [5.41, 5.74) is 0.385. The predicted octanol–water partition coefficient (Wildman–Crippen LogP) is 3.31. The molecule has 0 atom stereocenters. The van der Waals surface area contributed by atoms with Gasteiger partial charge in [-0.05, 0) is 25.1 Å². The van der Waals surface area contributed by atoms with Crippen molar-refractivity contribution in [2.45, 2.75) is 6.92 Å². The fraction of sp³-hybridized carbons (Fsp3) is 0.167. The van der Waals surface area contributed by atoms with E-state index in [0.717, 1.165) is 6.39 Å². The lowest BCUT2D eigenvalue weighted by Gasteiger charge is -2.02. The van der Waals surface area contributed by atoms with Crippen molar-refractivity contribution in [1.29, 1.82) is 0 Å². The molecule has 0 bridgehead atoms. The Balaban J connectivity index is 2.42. The molecule has 1 heterocycles. The van der Waals surface area contributed by atoms with E-state index in [4.69, 9.17) is 20.8 Å². The summed E-state index contributed by atoms with van der Waals surface area (Å²) in [6.07, 6.45) is 1.11. The van der Waals surface area contributed by atoms with Crippen LogP contribution in [-0.4, -0.2) is 17.6 Å². The van der Waals surface area contributed by atoms with E-state index in [0.29, 0.717) is 5.56 Å². The molecule has 1 aromatic carbocycles. The van der Waals surface area contributed by atoms with E-state index < -0.39 is 11.8 Å². The minimum Gasteiger partial charge on any atom is -0.461 e. The standard InChI is InChI=1S/C12H9ClFNO3/c1-2-17-12(16)10-11(18-6-15-10)7-3-4-8(13)9(14)5-7/h3-6H,2H2,1H3. The molecule has 0 aliphatic rings. The first-order valence-corrected chi connectivity index (χ1v) is 5.57. The highest BCUT2D eigenvalue weighted by atomic mass is 35.5. The first kappa shape index (κ1) is 12.6. The van der Waals surface area contributed by atoms with E-state index in [2.05, 4.69) is 4.98 Å². The number of benzene rings is 1. The van der Waals surface area contributed by atoms with Crippen LogP contribution in [0.25, 0.3) is 11.3 Å². The molecule has 0 fully saturated rings. The molecule has 0 N–H and O–H groups in total. The largest absolute Gasteiger partial charge is 0.461 e. The van der Waals surface area contributed by atoms with Crippen LogP contribution in [0.2, 0.25) is 5.02 Å². The summed E-state index contributed by atoms with van der Waals surface area (Å²) < 4.78 is 23.3. The van der Waals surface area contributed by atoms with Crippen LogP contribution in [0.1, 0.15) is 17.4 Å². The van der Waals surface area contributed by atoms with Crippen molar-refractivity contribution in [3.8, 4) is 11.3 Å². The number of ether oxygens (including phenoxy) is 1. The van der Waals surface area contributed by atoms with Crippen LogP contribution in [-0.2, 0) is 4.74 Å². The number of aromatic nitrogens is 1. The first-order valence-electron chi connectivity index (χ1n) is 5.19. The molecule has 0 saturated heterocycles. The molecule has 0 saturated carbocycles. The van der Waals surface area contributed by atoms with Gasteiger partial charge >= 0.3 is 5.97 Å². The lowest BCUT2D eigenvalue weighted by atomic mass is 10.1. The fourth-order valence-electron chi connectivity index (χ4n) is 1.43. The topological polar surface area (TPSA) is 52.3 Å². The van der Waals surface area contributed by atoms with Gasteiger partial charge in [-0.3, -0.25) is 0 Å². The molecule has 0 spiro atoms. The quantitative estimate of drug-likeness (QED) is 0.802. The van der Waals surface area contributed by atoms with Gasteiger partial charge in [0.2, 0.25) is 0 Å². The molecule has 0 amide bonds. The van der Waals surface area contributed by atoms with E-state index in [1.54, 1.807) is 6.92 Å². The predicted molar refractivity (Wildman–Crippen MR) is 62.9 cm³/mol. The summed E-state index contributed by atoms with van der Waals surface area (Å²) in [5, 5.41) is -0.00375. The smallest absolute Gasteiger partial charge is 0.360 e. The van der Waals surface area contributed by atoms with Crippen LogP contribution >= 0.6 is 11.6 Å². The lowest BCUT2D eigenvalue weighted by Crippen LogP contribution is -2.06. The maximum Gasteiger partial charge on any atom is 0.360 e. The van der Waals surface area contributed by atoms with Gasteiger partial charge in [-0.25, -0.2) is 14.2 Å². The summed E-state index contributed by atoms with van der Waals surface area (Å²) in [4.78, 5) is 15.4. The van der Waals surface area contributed by atoms with Crippen molar-refractivity contribution in [1.82, 2.24) is 4.98 Å². The normalized spacial score (nSPS) is 10.4. The van der Waals surface area contributed by atoms with Crippen LogP contribution in [0, 0.1) is 5.82 Å². The van der Waals surface area contributed by atoms with Crippen LogP contribution < -0.4 is 0 Å². The maximum atomic E-state index is 13.3. The van der Waals surface area contributed by atoms with Crippen molar-refractivity contribution >= 4 is 17.6 Å². The van der Waals surface area contributed by atoms with E-state index in [-0.39, 0.29) is 23.1 Å². The minimum absolute atomic E-state index is 0.00375. The number of rotatable bonds is 3. The van der Waals surface area contributed by atoms with Crippen molar-refractivity contribution in [2.24, 2.45) is 0 Å². The van der Waals surface area contributed by atoms with Gasteiger partial charge in [-0.1, -0.05) is 11.6 Å². The molecule has 94 valence electrons. The molecule has 0 aliphatic carbocycles. The van der Waals surface area contributed by atoms with Crippen molar-refractivity contribution in [2.75, 3.05) is 6.61 Å². The second kappa shape index (κ2) is 5.18. The lowest BCUT2D eigenvalue weighted by molar-refractivity contribution is 0.0520. The van der Waals surface area contributed by atoms with E-state index in [1.165, 1.54) is 18.2 Å². The first-order chi connectivity index (χ1) is 8.63. The average molecular weight is 270 g/mol. The second-order valence-electron chi connectivity index (χ2n) is 3.38. The van der Waals surface area contributed by atoms with Gasteiger partial charge < -0.3 is 9.15 Å². The monoisotopic (exact) mass is 269 g/mol. The third kappa shape index (κ3) is 2.36. The molecule has 0 aliphatic heterocycles. The number of nitrogens with zero attached hydrogens (tertiary/aromatic N) is 1. The van der Waals surface area contributed by atoms with Crippen LogP contribution in [0.4, 0.5) is 4.39 Å².